The maximum Gasteiger partial charge on any atom is 0.306 e. The largest absolute Gasteiger partial charge is 0.462 e. The number of nitrogens with one attached hydrogen (secondary N) is 1. The summed E-state index contributed by atoms with van der Waals surface area (Å²) in [6, 6.07) is 0. The minimum absolute atomic E-state index is 0.0153. The van der Waals surface area contributed by atoms with Gasteiger partial charge in [0.1, 0.15) is 6.10 Å². The van der Waals surface area contributed by atoms with Gasteiger partial charge in [0.15, 0.2) is 5.84 Å². The highest BCUT2D eigenvalue weighted by molar-refractivity contribution is 5.85. The molecule has 0 rings (SSSR count). The van der Waals surface area contributed by atoms with Crippen molar-refractivity contribution < 1.29 is 9.53 Å². The summed E-state index contributed by atoms with van der Waals surface area (Å²) in [5.41, 5.74) is 7.07. The van der Waals surface area contributed by atoms with Crippen LogP contribution in [0.25, 0.3) is 0 Å². The van der Waals surface area contributed by atoms with Crippen molar-refractivity contribution in [2.75, 3.05) is 0 Å². The van der Waals surface area contributed by atoms with Crippen LogP contribution in [0.1, 0.15) is 206 Å². The first-order valence-corrected chi connectivity index (χ1v) is 19.3. The minimum atomic E-state index is -0.231. The van der Waals surface area contributed by atoms with E-state index in [0.29, 0.717) is 0 Å². The van der Waals surface area contributed by atoms with Gasteiger partial charge < -0.3 is 10.6 Å². The van der Waals surface area contributed by atoms with E-state index in [9.17, 15) is 4.79 Å². The number of amidine groups is 1. The van der Waals surface area contributed by atoms with Crippen LogP contribution in [0.15, 0.2) is 34.5 Å². The summed E-state index contributed by atoms with van der Waals surface area (Å²) in [6.45, 7) is 4.55. The van der Waals surface area contributed by atoms with Gasteiger partial charge in [0.2, 0.25) is 0 Å². The van der Waals surface area contributed by atoms with E-state index in [1.54, 1.807) is 0 Å². The van der Waals surface area contributed by atoms with Gasteiger partial charge in [0.25, 0.3) is 0 Å². The molecule has 0 saturated carbocycles. The number of nitrogens with two attached hydrogens (primary N) is 1. The Labute approximate surface area is 279 Å². The molecule has 0 spiro atoms. The molecule has 0 aromatic carbocycles. The molecule has 0 aromatic rings. The highest BCUT2D eigenvalue weighted by atomic mass is 16.5. The molecule has 0 saturated heterocycles. The first-order chi connectivity index (χ1) is 22.2. The Morgan fingerprint density at radius 3 is 1.29 bits per heavy atom. The molecule has 0 bridgehead atoms. The third-order valence-corrected chi connectivity index (χ3v) is 8.70. The molecule has 45 heavy (non-hydrogen) atoms. The van der Waals surface area contributed by atoms with Gasteiger partial charge in [-0.05, 0) is 77.0 Å². The summed E-state index contributed by atoms with van der Waals surface area (Å²) in [6.07, 6.45) is 45.3. The molecular formula is C39H74N4O2. The maximum absolute atomic E-state index is 12.5. The highest BCUT2D eigenvalue weighted by Gasteiger charge is 2.15. The average molecular weight is 631 g/mol. The van der Waals surface area contributed by atoms with E-state index in [1.807, 2.05) is 0 Å². The fourth-order valence-electron chi connectivity index (χ4n) is 5.76. The van der Waals surface area contributed by atoms with Gasteiger partial charge in [-0.1, -0.05) is 141 Å². The van der Waals surface area contributed by atoms with Crippen molar-refractivity contribution >= 4 is 11.8 Å². The molecule has 6 nitrogen and oxygen atoms in total. The molecule has 0 fully saturated rings. The lowest BCUT2D eigenvalue weighted by molar-refractivity contribution is -0.149. The Bertz CT molecular complexity index is 695. The van der Waals surface area contributed by atoms with Gasteiger partial charge in [0, 0.05) is 6.42 Å². The number of hydrogen-bond donors (Lipinski definition) is 2. The van der Waals surface area contributed by atoms with Gasteiger partial charge in [0.05, 0.1) is 6.42 Å². The maximum atomic E-state index is 12.5. The lowest BCUT2D eigenvalue weighted by Crippen LogP contribution is -2.19. The lowest BCUT2D eigenvalue weighted by Gasteiger charge is -2.18. The molecule has 3 N–H and O–H groups in total. The molecule has 0 radical (unpaired) electrons. The number of hydrogen-bond acceptors (Lipinski definition) is 5. The number of rotatable bonds is 34. The zero-order chi connectivity index (χ0) is 32.9. The van der Waals surface area contributed by atoms with E-state index in [2.05, 4.69) is 48.4 Å². The molecule has 0 aromatic heterocycles. The average Bonchev–Trinajstić information content (AvgIpc) is 3.05. The zero-order valence-corrected chi connectivity index (χ0v) is 29.9. The second kappa shape index (κ2) is 36.5. The first kappa shape index (κ1) is 43.0. The van der Waals surface area contributed by atoms with Gasteiger partial charge in [-0.2, -0.15) is 5.10 Å². The number of nitrogens with zero attached hydrogens (tertiary/aromatic N) is 2. The number of unbranched alkanes of at least 4 members (excludes halogenated alkanes) is 22. The Morgan fingerprint density at radius 2 is 0.933 bits per heavy atom. The topological polar surface area (TPSA) is 101 Å². The minimum Gasteiger partial charge on any atom is -0.462 e. The summed E-state index contributed by atoms with van der Waals surface area (Å²) in [7, 11) is 0. The zero-order valence-electron chi connectivity index (χ0n) is 29.9. The van der Waals surface area contributed by atoms with Crippen LogP contribution in [-0.2, 0) is 9.53 Å². The molecule has 262 valence electrons. The molecule has 0 aliphatic carbocycles. The van der Waals surface area contributed by atoms with Crippen molar-refractivity contribution in [3.63, 3.8) is 0 Å². The predicted octanol–water partition coefficient (Wildman–Crippen LogP) is 13.1. The third kappa shape index (κ3) is 33.2. The van der Waals surface area contributed by atoms with Gasteiger partial charge in [-0.15, -0.1) is 5.11 Å². The van der Waals surface area contributed by atoms with Crippen LogP contribution in [0.5, 0.6) is 0 Å². The van der Waals surface area contributed by atoms with Crippen molar-refractivity contribution in [2.45, 2.75) is 213 Å². The summed E-state index contributed by atoms with van der Waals surface area (Å²) in [5.74, 6) is 5.17. The summed E-state index contributed by atoms with van der Waals surface area (Å²) in [5, 5.41) is 6.71. The molecule has 0 unspecified atom stereocenters. The molecule has 0 aliphatic heterocycles. The lowest BCUT2D eigenvalue weighted by atomic mass is 10.0. The molecule has 0 aliphatic rings. The standard InChI is InChI=1S/C39H74N4O2/c1-3-5-7-9-11-13-15-17-19-21-23-25-27-29-31-33-37(45-39(44)36-35-38(42-40)43-41)34-32-30-28-26-24-22-20-18-16-14-12-10-8-6-4-2/h17-20,37,40H,3-16,21-36,41H2,1-2H3/b19-17-,20-18-,42-40?,43-38-. The van der Waals surface area contributed by atoms with E-state index >= 15 is 0 Å². The van der Waals surface area contributed by atoms with Gasteiger partial charge >= 0.3 is 5.97 Å². The second-order valence-corrected chi connectivity index (χ2v) is 13.0. The smallest absolute Gasteiger partial charge is 0.306 e. The molecule has 0 atom stereocenters. The molecule has 6 heteroatoms. The summed E-state index contributed by atoms with van der Waals surface area (Å²) >= 11 is 0. The molecular weight excluding hydrogens is 556 g/mol. The van der Waals surface area contributed by atoms with E-state index in [-0.39, 0.29) is 30.8 Å². The second-order valence-electron chi connectivity index (χ2n) is 13.0. The van der Waals surface area contributed by atoms with Crippen molar-refractivity contribution in [1.29, 1.82) is 5.53 Å². The molecule has 0 amide bonds. The van der Waals surface area contributed by atoms with Gasteiger partial charge in [-0.3, -0.25) is 4.79 Å². The quantitative estimate of drug-likeness (QED) is 0.0108. The van der Waals surface area contributed by atoms with Crippen molar-refractivity contribution in [3.8, 4) is 0 Å². The summed E-state index contributed by atoms with van der Waals surface area (Å²) in [4.78, 5) is 12.5. The van der Waals surface area contributed by atoms with Crippen LogP contribution in [0.2, 0.25) is 0 Å². The number of carbonyl (C=O) groups excluding carboxylic acids is 1. The third-order valence-electron chi connectivity index (χ3n) is 8.70. The van der Waals surface area contributed by atoms with E-state index in [4.69, 9.17) is 16.1 Å². The van der Waals surface area contributed by atoms with E-state index < -0.39 is 0 Å². The van der Waals surface area contributed by atoms with Crippen molar-refractivity contribution in [3.05, 3.63) is 24.3 Å². The Hall–Kier alpha value is -1.98. The van der Waals surface area contributed by atoms with E-state index in [1.165, 1.54) is 154 Å². The Morgan fingerprint density at radius 1 is 0.578 bits per heavy atom. The predicted molar refractivity (Wildman–Crippen MR) is 195 cm³/mol. The van der Waals surface area contributed by atoms with E-state index in [0.717, 1.165) is 25.7 Å². The van der Waals surface area contributed by atoms with Crippen LogP contribution >= 0.6 is 0 Å². The number of esters is 1. The normalized spacial score (nSPS) is 12.2. The van der Waals surface area contributed by atoms with Crippen molar-refractivity contribution in [1.82, 2.24) is 0 Å². The fraction of sp³-hybridized carbons (Fsp3) is 0.846. The SMILES string of the molecule is CCCCCCCC/C=C\CCCCCCCC(CCCCCCC/C=C\CCCCCCCC)OC(=O)CC/C(N=N)=N/N. The Balaban J connectivity index is 4.09. The van der Waals surface area contributed by atoms with Crippen LogP contribution in [-0.4, -0.2) is 17.9 Å². The monoisotopic (exact) mass is 631 g/mol. The van der Waals surface area contributed by atoms with Crippen LogP contribution < -0.4 is 5.84 Å². The van der Waals surface area contributed by atoms with Gasteiger partial charge in [-0.25, -0.2) is 5.53 Å². The Kier molecular flexibility index (Phi) is 34.9. The fourth-order valence-corrected chi connectivity index (χ4v) is 5.76. The summed E-state index contributed by atoms with van der Waals surface area (Å²) < 4.78 is 5.87. The number of ether oxygens (including phenoxy) is 1. The number of allylic oxidation sites excluding steroid dienone is 4. The number of carbonyl (C=O) groups is 1. The molecule has 0 heterocycles. The number of hydrazone groups is 1. The van der Waals surface area contributed by atoms with Crippen LogP contribution in [0.3, 0.4) is 0 Å². The first-order valence-electron chi connectivity index (χ1n) is 19.3. The van der Waals surface area contributed by atoms with Crippen LogP contribution in [0, 0.1) is 5.53 Å². The van der Waals surface area contributed by atoms with Crippen molar-refractivity contribution in [2.24, 2.45) is 16.1 Å². The highest BCUT2D eigenvalue weighted by Crippen LogP contribution is 2.18. The van der Waals surface area contributed by atoms with Crippen LogP contribution in [0.4, 0.5) is 0 Å².